The minimum Gasteiger partial charge on any atom is -0.379 e. The average molecular weight is 446 g/mol. The molecule has 0 unspecified atom stereocenters. The molecule has 0 aliphatic carbocycles. The summed E-state index contributed by atoms with van der Waals surface area (Å²) in [6, 6.07) is 5.83. The molecule has 8 heteroatoms. The number of halogens is 1. The number of aliphatic imine (C=N–C) groups is 1. The van der Waals surface area contributed by atoms with Gasteiger partial charge in [0.15, 0.2) is 17.4 Å². The summed E-state index contributed by atoms with van der Waals surface area (Å²) in [5, 5.41) is 14.8. The Morgan fingerprint density at radius 2 is 2.12 bits per heavy atom. The molecule has 0 atom stereocenters. The second-order valence-corrected chi connectivity index (χ2v) is 5.64. The fourth-order valence-corrected chi connectivity index (χ4v) is 2.05. The van der Waals surface area contributed by atoms with Crippen LogP contribution < -0.4 is 10.6 Å². The number of hydrogen-bond donors (Lipinski definition) is 2. The topological polar surface area (TPSA) is 75.8 Å². The van der Waals surface area contributed by atoms with E-state index in [2.05, 4.69) is 39.7 Å². The number of pyridine rings is 1. The lowest BCUT2D eigenvalue weighted by atomic mass is 10.2. The van der Waals surface area contributed by atoms with Gasteiger partial charge in [0.05, 0.1) is 6.61 Å². The molecule has 0 radical (unpaired) electrons. The Balaban J connectivity index is 0.00000288. The van der Waals surface area contributed by atoms with Crippen LogP contribution in [0, 0.1) is 5.92 Å². The van der Waals surface area contributed by atoms with E-state index in [1.807, 2.05) is 35.7 Å². The first kappa shape index (κ1) is 20.6. The highest BCUT2D eigenvalue weighted by molar-refractivity contribution is 14.0. The lowest BCUT2D eigenvalue weighted by Gasteiger charge is -2.12. The molecule has 0 saturated carbocycles. The van der Waals surface area contributed by atoms with E-state index in [0.29, 0.717) is 19.1 Å². The Hall–Kier alpha value is -1.42. The Bertz CT molecular complexity index is 628. The van der Waals surface area contributed by atoms with Gasteiger partial charge in [0.25, 0.3) is 0 Å². The summed E-state index contributed by atoms with van der Waals surface area (Å²) >= 11 is 0. The molecular weight excluding hydrogens is 419 g/mol. The zero-order valence-electron chi connectivity index (χ0n) is 14.5. The molecule has 0 spiro atoms. The molecular formula is C16H27IN6O. The number of hydrogen-bond acceptors (Lipinski definition) is 4. The maximum atomic E-state index is 5.56. The van der Waals surface area contributed by atoms with Crippen LogP contribution in [0.25, 0.3) is 5.65 Å². The Morgan fingerprint density at radius 3 is 2.88 bits per heavy atom. The van der Waals surface area contributed by atoms with Crippen LogP contribution in [0.2, 0.25) is 0 Å². The zero-order valence-corrected chi connectivity index (χ0v) is 16.9. The summed E-state index contributed by atoms with van der Waals surface area (Å²) in [5.41, 5.74) is 0.831. The Kier molecular flexibility index (Phi) is 9.62. The fourth-order valence-electron chi connectivity index (χ4n) is 2.05. The average Bonchev–Trinajstić information content (AvgIpc) is 2.95. The predicted molar refractivity (Wildman–Crippen MR) is 107 cm³/mol. The molecule has 0 saturated heterocycles. The summed E-state index contributed by atoms with van der Waals surface area (Å²) in [4.78, 5) is 4.55. The second kappa shape index (κ2) is 11.2. The third kappa shape index (κ3) is 6.60. The first-order valence-corrected chi connectivity index (χ1v) is 8.09. The van der Waals surface area contributed by atoms with Crippen molar-refractivity contribution >= 4 is 35.6 Å². The predicted octanol–water partition coefficient (Wildman–Crippen LogP) is 2.07. The van der Waals surface area contributed by atoms with E-state index in [1.165, 1.54) is 0 Å². The molecule has 0 aliphatic heterocycles. The van der Waals surface area contributed by atoms with Crippen molar-refractivity contribution in [3.8, 4) is 0 Å². The van der Waals surface area contributed by atoms with E-state index >= 15 is 0 Å². The minimum absolute atomic E-state index is 0. The van der Waals surface area contributed by atoms with Crippen molar-refractivity contribution in [1.29, 1.82) is 0 Å². The van der Waals surface area contributed by atoms with E-state index in [1.54, 1.807) is 0 Å². The van der Waals surface area contributed by atoms with Crippen molar-refractivity contribution in [2.45, 2.75) is 27.3 Å². The summed E-state index contributed by atoms with van der Waals surface area (Å²) in [6.07, 6.45) is 1.94. The number of fused-ring (bicyclic) bond motifs is 1. The molecule has 24 heavy (non-hydrogen) atoms. The summed E-state index contributed by atoms with van der Waals surface area (Å²) in [6.45, 7) is 9.76. The van der Waals surface area contributed by atoms with Gasteiger partial charge in [0.1, 0.15) is 6.54 Å². The molecule has 7 nitrogen and oxygen atoms in total. The monoisotopic (exact) mass is 446 g/mol. The van der Waals surface area contributed by atoms with Crippen LogP contribution in [0.1, 0.15) is 26.6 Å². The van der Waals surface area contributed by atoms with Gasteiger partial charge >= 0.3 is 0 Å². The SMILES string of the molecule is CCNC(=NCc1nnc2ccccn12)NCCOCC(C)C.I. The van der Waals surface area contributed by atoms with Crippen molar-refractivity contribution < 1.29 is 4.74 Å². The molecule has 2 N–H and O–H groups in total. The number of rotatable bonds is 8. The van der Waals surface area contributed by atoms with Crippen LogP contribution in [0.15, 0.2) is 29.4 Å². The first-order valence-electron chi connectivity index (χ1n) is 8.09. The van der Waals surface area contributed by atoms with Gasteiger partial charge in [-0.05, 0) is 25.0 Å². The fraction of sp³-hybridized carbons (Fsp3) is 0.562. The van der Waals surface area contributed by atoms with E-state index in [9.17, 15) is 0 Å². The van der Waals surface area contributed by atoms with Crippen LogP contribution in [0.4, 0.5) is 0 Å². The van der Waals surface area contributed by atoms with Crippen LogP contribution in [-0.4, -0.2) is 46.9 Å². The highest BCUT2D eigenvalue weighted by Gasteiger charge is 2.04. The quantitative estimate of drug-likeness (QED) is 0.281. The molecule has 0 amide bonds. The van der Waals surface area contributed by atoms with E-state index in [4.69, 9.17) is 4.74 Å². The lowest BCUT2D eigenvalue weighted by Crippen LogP contribution is -2.39. The number of nitrogens with zero attached hydrogens (tertiary/aromatic N) is 4. The third-order valence-electron chi connectivity index (χ3n) is 3.10. The number of ether oxygens (including phenoxy) is 1. The largest absolute Gasteiger partial charge is 0.379 e. The van der Waals surface area contributed by atoms with Crippen LogP contribution in [-0.2, 0) is 11.3 Å². The van der Waals surface area contributed by atoms with Gasteiger partial charge in [0.2, 0.25) is 0 Å². The standard InChI is InChI=1S/C16H26N6O.HI/c1-4-17-16(18-8-10-23-12-13(2)3)19-11-15-21-20-14-7-5-6-9-22(14)15;/h5-7,9,13H,4,8,10-12H2,1-3H3,(H2,17,18,19);1H. The number of nitrogens with one attached hydrogen (secondary N) is 2. The highest BCUT2D eigenvalue weighted by Crippen LogP contribution is 2.03. The van der Waals surface area contributed by atoms with Crippen molar-refractivity contribution in [2.75, 3.05) is 26.3 Å². The van der Waals surface area contributed by atoms with Crippen molar-refractivity contribution in [1.82, 2.24) is 25.2 Å². The molecule has 2 aromatic rings. The summed E-state index contributed by atoms with van der Waals surface area (Å²) in [7, 11) is 0. The number of aromatic nitrogens is 3. The van der Waals surface area contributed by atoms with Gasteiger partial charge in [-0.2, -0.15) is 0 Å². The zero-order chi connectivity index (χ0) is 16.5. The smallest absolute Gasteiger partial charge is 0.191 e. The van der Waals surface area contributed by atoms with Crippen LogP contribution >= 0.6 is 24.0 Å². The van der Waals surface area contributed by atoms with Gasteiger partial charge < -0.3 is 15.4 Å². The first-order chi connectivity index (χ1) is 11.2. The van der Waals surface area contributed by atoms with Gasteiger partial charge in [-0.3, -0.25) is 4.40 Å². The Labute approximate surface area is 160 Å². The van der Waals surface area contributed by atoms with Crippen molar-refractivity contribution in [2.24, 2.45) is 10.9 Å². The van der Waals surface area contributed by atoms with Crippen LogP contribution in [0.3, 0.4) is 0 Å². The van der Waals surface area contributed by atoms with E-state index < -0.39 is 0 Å². The molecule has 0 bridgehead atoms. The van der Waals surface area contributed by atoms with Gasteiger partial charge in [0, 0.05) is 25.9 Å². The molecule has 2 aromatic heterocycles. The van der Waals surface area contributed by atoms with Crippen LogP contribution in [0.5, 0.6) is 0 Å². The highest BCUT2D eigenvalue weighted by atomic mass is 127. The molecule has 2 rings (SSSR count). The Morgan fingerprint density at radius 1 is 1.29 bits per heavy atom. The third-order valence-corrected chi connectivity index (χ3v) is 3.10. The van der Waals surface area contributed by atoms with Crippen molar-refractivity contribution in [3.63, 3.8) is 0 Å². The van der Waals surface area contributed by atoms with E-state index in [0.717, 1.165) is 37.1 Å². The molecule has 0 fully saturated rings. The maximum Gasteiger partial charge on any atom is 0.191 e. The van der Waals surface area contributed by atoms with E-state index in [-0.39, 0.29) is 24.0 Å². The summed E-state index contributed by atoms with van der Waals surface area (Å²) in [5.74, 6) is 2.13. The molecule has 134 valence electrons. The molecule has 2 heterocycles. The molecule has 0 aromatic carbocycles. The van der Waals surface area contributed by atoms with Crippen molar-refractivity contribution in [3.05, 3.63) is 30.2 Å². The lowest BCUT2D eigenvalue weighted by molar-refractivity contribution is 0.114. The van der Waals surface area contributed by atoms with Gasteiger partial charge in [-0.15, -0.1) is 34.2 Å². The summed E-state index contributed by atoms with van der Waals surface area (Å²) < 4.78 is 7.50. The second-order valence-electron chi connectivity index (χ2n) is 5.64. The minimum atomic E-state index is 0. The molecule has 0 aliphatic rings. The number of guanidine groups is 1. The van der Waals surface area contributed by atoms with Gasteiger partial charge in [-0.1, -0.05) is 19.9 Å². The maximum absolute atomic E-state index is 5.56. The van der Waals surface area contributed by atoms with Gasteiger partial charge in [-0.25, -0.2) is 4.99 Å². The normalized spacial score (nSPS) is 11.6.